The third-order valence-electron chi connectivity index (χ3n) is 4.05. The van der Waals surface area contributed by atoms with Crippen molar-refractivity contribution in [2.24, 2.45) is 0 Å². The smallest absolute Gasteiger partial charge is 0.338 e. The SMILES string of the molecule is C=C(C)C(=O)OC1=CC=C(c2cc(OC(=O)C(=C)C)cc(OC(=O)C(=C)C)c2)CC1. The molecule has 0 bridgehead atoms. The molecule has 1 aromatic rings. The lowest BCUT2D eigenvalue weighted by Crippen LogP contribution is -2.11. The molecule has 0 N–H and O–H groups in total. The molecule has 6 nitrogen and oxygen atoms in total. The lowest BCUT2D eigenvalue weighted by Gasteiger charge is -2.17. The Kier molecular flexibility index (Phi) is 7.31. The van der Waals surface area contributed by atoms with Crippen molar-refractivity contribution in [1.29, 1.82) is 0 Å². The number of carbonyl (C=O) groups is 3. The van der Waals surface area contributed by atoms with Crippen LogP contribution >= 0.6 is 0 Å². The molecule has 1 aliphatic rings. The summed E-state index contributed by atoms with van der Waals surface area (Å²) >= 11 is 0. The van der Waals surface area contributed by atoms with Crippen LogP contribution in [-0.4, -0.2) is 17.9 Å². The van der Waals surface area contributed by atoms with Crippen LogP contribution in [0.4, 0.5) is 0 Å². The largest absolute Gasteiger partial charge is 0.428 e. The first kappa shape index (κ1) is 22.6. The van der Waals surface area contributed by atoms with E-state index in [1.54, 1.807) is 31.2 Å². The van der Waals surface area contributed by atoms with Gasteiger partial charge in [-0.3, -0.25) is 0 Å². The number of allylic oxidation sites excluding steroid dienone is 4. The van der Waals surface area contributed by atoms with Gasteiger partial charge in [0.1, 0.15) is 17.3 Å². The fourth-order valence-corrected chi connectivity index (χ4v) is 2.41. The Hall–Kier alpha value is -3.67. The number of benzene rings is 1. The van der Waals surface area contributed by atoms with Crippen molar-refractivity contribution in [1.82, 2.24) is 0 Å². The molecule has 30 heavy (non-hydrogen) atoms. The van der Waals surface area contributed by atoms with Gasteiger partial charge in [0.2, 0.25) is 0 Å². The van der Waals surface area contributed by atoms with Gasteiger partial charge in [0, 0.05) is 29.2 Å². The molecule has 0 aliphatic heterocycles. The van der Waals surface area contributed by atoms with E-state index in [1.807, 2.05) is 0 Å². The van der Waals surface area contributed by atoms with Crippen molar-refractivity contribution in [3.05, 3.63) is 78.1 Å². The minimum absolute atomic E-state index is 0.217. The molecular formula is C24H24O6. The summed E-state index contributed by atoms with van der Waals surface area (Å²) in [5.74, 6) is -0.679. The number of rotatable bonds is 7. The summed E-state index contributed by atoms with van der Waals surface area (Å²) in [4.78, 5) is 35.5. The third-order valence-corrected chi connectivity index (χ3v) is 4.05. The van der Waals surface area contributed by atoms with Crippen LogP contribution in [-0.2, 0) is 19.1 Å². The Balaban J connectivity index is 2.35. The van der Waals surface area contributed by atoms with Gasteiger partial charge in [0.25, 0.3) is 0 Å². The maximum atomic E-state index is 11.9. The van der Waals surface area contributed by atoms with Crippen molar-refractivity contribution in [3.8, 4) is 11.5 Å². The molecule has 0 amide bonds. The van der Waals surface area contributed by atoms with Gasteiger partial charge < -0.3 is 14.2 Å². The molecular weight excluding hydrogens is 384 g/mol. The van der Waals surface area contributed by atoms with E-state index in [0.717, 1.165) is 5.57 Å². The second kappa shape index (κ2) is 9.69. The van der Waals surface area contributed by atoms with Crippen molar-refractivity contribution in [2.75, 3.05) is 0 Å². The maximum absolute atomic E-state index is 11.9. The fourth-order valence-electron chi connectivity index (χ4n) is 2.41. The van der Waals surface area contributed by atoms with Gasteiger partial charge in [-0.15, -0.1) is 0 Å². The van der Waals surface area contributed by atoms with Crippen LogP contribution in [0, 0.1) is 0 Å². The molecule has 0 saturated carbocycles. The first-order valence-corrected chi connectivity index (χ1v) is 9.25. The summed E-state index contributed by atoms with van der Waals surface area (Å²) in [6.45, 7) is 15.3. The zero-order chi connectivity index (χ0) is 22.4. The molecule has 0 radical (unpaired) electrons. The highest BCUT2D eigenvalue weighted by atomic mass is 16.5. The van der Waals surface area contributed by atoms with Crippen LogP contribution < -0.4 is 9.47 Å². The van der Waals surface area contributed by atoms with Gasteiger partial charge in [-0.2, -0.15) is 0 Å². The van der Waals surface area contributed by atoms with Gasteiger partial charge in [-0.1, -0.05) is 25.8 Å². The number of carbonyl (C=O) groups excluding carboxylic acids is 3. The van der Waals surface area contributed by atoms with Gasteiger partial charge in [0.05, 0.1) is 0 Å². The molecule has 0 aromatic heterocycles. The highest BCUT2D eigenvalue weighted by Gasteiger charge is 2.17. The predicted octanol–water partition coefficient (Wildman–Crippen LogP) is 4.83. The zero-order valence-electron chi connectivity index (χ0n) is 17.4. The minimum atomic E-state index is -0.587. The highest BCUT2D eigenvalue weighted by Crippen LogP contribution is 2.33. The average molecular weight is 408 g/mol. The molecule has 0 saturated heterocycles. The Morgan fingerprint density at radius 3 is 1.57 bits per heavy atom. The number of ether oxygens (including phenoxy) is 3. The van der Waals surface area contributed by atoms with Gasteiger partial charge in [-0.05, 0) is 56.5 Å². The number of hydrogen-bond donors (Lipinski definition) is 0. The Bertz CT molecular complexity index is 960. The second-order valence-corrected chi connectivity index (χ2v) is 7.03. The Morgan fingerprint density at radius 2 is 1.17 bits per heavy atom. The molecule has 156 valence electrons. The highest BCUT2D eigenvalue weighted by molar-refractivity contribution is 5.90. The summed E-state index contributed by atoms with van der Waals surface area (Å²) in [7, 11) is 0. The average Bonchev–Trinajstić information content (AvgIpc) is 2.68. The normalized spacial score (nSPS) is 12.8. The van der Waals surface area contributed by atoms with Crippen LogP contribution in [0.2, 0.25) is 0 Å². The summed E-state index contributed by atoms with van der Waals surface area (Å²) < 4.78 is 15.9. The zero-order valence-corrected chi connectivity index (χ0v) is 17.4. The second-order valence-electron chi connectivity index (χ2n) is 7.03. The van der Waals surface area contributed by atoms with Crippen molar-refractivity contribution in [3.63, 3.8) is 0 Å². The molecule has 0 fully saturated rings. The van der Waals surface area contributed by atoms with Crippen molar-refractivity contribution in [2.45, 2.75) is 33.6 Å². The molecule has 2 rings (SSSR count). The summed E-state index contributed by atoms with van der Waals surface area (Å²) in [5.41, 5.74) is 2.40. The standard InChI is InChI=1S/C24H24O6/c1-14(2)22(25)28-19-9-7-17(8-10-19)18-11-20(29-23(26)15(3)4)13-21(12-18)30-24(27)16(5)6/h7,9,11-13H,1,3,5,8,10H2,2,4,6H3. The fraction of sp³-hybridized carbons (Fsp3) is 0.208. The van der Waals surface area contributed by atoms with E-state index < -0.39 is 17.9 Å². The van der Waals surface area contributed by atoms with E-state index in [2.05, 4.69) is 19.7 Å². The molecule has 0 unspecified atom stereocenters. The topological polar surface area (TPSA) is 78.9 Å². The third kappa shape index (κ3) is 6.17. The number of hydrogen-bond acceptors (Lipinski definition) is 6. The molecule has 0 heterocycles. The monoisotopic (exact) mass is 408 g/mol. The minimum Gasteiger partial charge on any atom is -0.428 e. The molecule has 0 atom stereocenters. The molecule has 1 aliphatic carbocycles. The van der Waals surface area contributed by atoms with Gasteiger partial charge >= 0.3 is 17.9 Å². The lowest BCUT2D eigenvalue weighted by molar-refractivity contribution is -0.135. The van der Waals surface area contributed by atoms with Gasteiger partial charge in [0.15, 0.2) is 0 Å². The van der Waals surface area contributed by atoms with E-state index in [1.165, 1.54) is 19.9 Å². The summed E-state index contributed by atoms with van der Waals surface area (Å²) in [6.07, 6.45) is 4.57. The van der Waals surface area contributed by atoms with Gasteiger partial charge in [-0.25, -0.2) is 14.4 Å². The first-order chi connectivity index (χ1) is 14.1. The molecule has 1 aromatic carbocycles. The first-order valence-electron chi connectivity index (χ1n) is 9.25. The van der Waals surface area contributed by atoms with Crippen molar-refractivity contribution >= 4 is 23.5 Å². The maximum Gasteiger partial charge on any atom is 0.338 e. The van der Waals surface area contributed by atoms with E-state index >= 15 is 0 Å². The van der Waals surface area contributed by atoms with Crippen LogP contribution in [0.3, 0.4) is 0 Å². The summed E-state index contributed by atoms with van der Waals surface area (Å²) in [6, 6.07) is 4.79. The van der Waals surface area contributed by atoms with Crippen LogP contribution in [0.5, 0.6) is 11.5 Å². The lowest BCUT2D eigenvalue weighted by atomic mass is 9.96. The summed E-state index contributed by atoms with van der Waals surface area (Å²) in [5, 5.41) is 0. The molecule has 0 spiro atoms. The Labute approximate surface area is 175 Å². The van der Waals surface area contributed by atoms with E-state index in [9.17, 15) is 14.4 Å². The van der Waals surface area contributed by atoms with Crippen LogP contribution in [0.15, 0.2) is 72.6 Å². The Morgan fingerprint density at radius 1 is 0.700 bits per heavy atom. The van der Waals surface area contributed by atoms with E-state index in [-0.39, 0.29) is 22.6 Å². The van der Waals surface area contributed by atoms with Crippen molar-refractivity contribution < 1.29 is 28.6 Å². The van der Waals surface area contributed by atoms with E-state index in [4.69, 9.17) is 14.2 Å². The van der Waals surface area contributed by atoms with E-state index in [0.29, 0.717) is 29.7 Å². The van der Waals surface area contributed by atoms with Crippen LogP contribution in [0.25, 0.3) is 5.57 Å². The molecule has 6 heteroatoms. The van der Waals surface area contributed by atoms with Crippen LogP contribution in [0.1, 0.15) is 39.2 Å². The predicted molar refractivity (Wildman–Crippen MR) is 114 cm³/mol. The quantitative estimate of drug-likeness (QED) is 0.365. The number of esters is 3.